The molecule has 1 aromatic rings. The maximum absolute atomic E-state index is 12.4. The van der Waals surface area contributed by atoms with Crippen LogP contribution in [0.5, 0.6) is 5.75 Å². The highest BCUT2D eigenvalue weighted by Crippen LogP contribution is 2.27. The molecule has 1 N–H and O–H groups in total. The summed E-state index contributed by atoms with van der Waals surface area (Å²) >= 11 is 0. The van der Waals surface area contributed by atoms with E-state index < -0.39 is 16.4 Å². The van der Waals surface area contributed by atoms with E-state index in [1.165, 1.54) is 6.07 Å². The Bertz CT molecular complexity index is 546. The Labute approximate surface area is 115 Å². The number of nitro groups is 1. The molecule has 0 aliphatic carbocycles. The smallest absolute Gasteiger partial charge is 0.310 e. The summed E-state index contributed by atoms with van der Waals surface area (Å²) in [6.45, 7) is 4.68. The monoisotopic (exact) mass is 280 g/mol. The fourth-order valence-electron chi connectivity index (χ4n) is 2.20. The zero-order valence-electron chi connectivity index (χ0n) is 11.3. The van der Waals surface area contributed by atoms with Crippen molar-refractivity contribution in [3.8, 4) is 5.75 Å². The zero-order chi connectivity index (χ0) is 14.9. The van der Waals surface area contributed by atoms with Gasteiger partial charge in [0.25, 0.3) is 5.91 Å². The van der Waals surface area contributed by atoms with Crippen LogP contribution in [-0.4, -0.2) is 46.1 Å². The molecule has 1 saturated heterocycles. The van der Waals surface area contributed by atoms with Crippen molar-refractivity contribution >= 4 is 11.6 Å². The van der Waals surface area contributed by atoms with Crippen LogP contribution in [0.25, 0.3) is 0 Å². The summed E-state index contributed by atoms with van der Waals surface area (Å²) in [6.07, 6.45) is -0.0701. The molecule has 108 valence electrons. The minimum atomic E-state index is -0.691. The number of nitro benzene ring substituents is 1. The lowest BCUT2D eigenvalue weighted by Crippen LogP contribution is -2.51. The number of nitrogens with zero attached hydrogens (tertiary/aromatic N) is 2. The Hall–Kier alpha value is -2.15. The molecule has 1 fully saturated rings. The van der Waals surface area contributed by atoms with Gasteiger partial charge in [0.05, 0.1) is 23.7 Å². The van der Waals surface area contributed by atoms with Crippen LogP contribution in [0.2, 0.25) is 0 Å². The molecule has 7 nitrogen and oxygen atoms in total. The highest BCUT2D eigenvalue weighted by atomic mass is 16.6. The third-order valence-corrected chi connectivity index (χ3v) is 3.56. The van der Waals surface area contributed by atoms with E-state index in [0.29, 0.717) is 13.2 Å². The average molecular weight is 280 g/mol. The Kier molecular flexibility index (Phi) is 3.89. The summed E-state index contributed by atoms with van der Waals surface area (Å²) in [7, 11) is 0. The molecule has 0 spiro atoms. The number of hydrogen-bond acceptors (Lipinski definition) is 5. The van der Waals surface area contributed by atoms with Crippen LogP contribution in [0.4, 0.5) is 5.69 Å². The van der Waals surface area contributed by atoms with Crippen molar-refractivity contribution in [1.82, 2.24) is 4.90 Å². The summed E-state index contributed by atoms with van der Waals surface area (Å²) in [4.78, 5) is 24.0. The molecule has 20 heavy (non-hydrogen) atoms. The molecule has 2 atom stereocenters. The summed E-state index contributed by atoms with van der Waals surface area (Å²) in [6, 6.07) is 3.53. The lowest BCUT2D eigenvalue weighted by atomic mass is 10.1. The van der Waals surface area contributed by atoms with Crippen molar-refractivity contribution < 1.29 is 19.6 Å². The predicted molar refractivity (Wildman–Crippen MR) is 70.7 cm³/mol. The second-order valence-corrected chi connectivity index (χ2v) is 4.78. The minimum Gasteiger partial charge on any atom is -0.502 e. The number of benzene rings is 1. The van der Waals surface area contributed by atoms with E-state index >= 15 is 0 Å². The molecule has 0 bridgehead atoms. The molecule has 0 saturated carbocycles. The van der Waals surface area contributed by atoms with Gasteiger partial charge in [-0.25, -0.2) is 0 Å². The van der Waals surface area contributed by atoms with Gasteiger partial charge in [0, 0.05) is 18.2 Å². The van der Waals surface area contributed by atoms with Gasteiger partial charge in [0.1, 0.15) is 0 Å². The van der Waals surface area contributed by atoms with Crippen LogP contribution in [0.3, 0.4) is 0 Å². The number of morpholine rings is 1. The Morgan fingerprint density at radius 1 is 1.50 bits per heavy atom. The third kappa shape index (κ3) is 2.57. The summed E-state index contributed by atoms with van der Waals surface area (Å²) in [5.41, 5.74) is -0.181. The molecule has 1 amide bonds. The van der Waals surface area contributed by atoms with E-state index in [9.17, 15) is 20.0 Å². The second kappa shape index (κ2) is 5.46. The topological polar surface area (TPSA) is 92.9 Å². The van der Waals surface area contributed by atoms with Crippen LogP contribution in [-0.2, 0) is 4.74 Å². The van der Waals surface area contributed by atoms with Gasteiger partial charge >= 0.3 is 5.69 Å². The van der Waals surface area contributed by atoms with Crippen molar-refractivity contribution in [2.24, 2.45) is 0 Å². The number of rotatable bonds is 2. The van der Waals surface area contributed by atoms with E-state index in [1.807, 2.05) is 13.8 Å². The lowest BCUT2D eigenvalue weighted by molar-refractivity contribution is -0.385. The normalized spacial score (nSPS) is 22.6. The maximum atomic E-state index is 12.4. The second-order valence-electron chi connectivity index (χ2n) is 4.78. The molecule has 0 unspecified atom stereocenters. The van der Waals surface area contributed by atoms with E-state index in [4.69, 9.17) is 4.74 Å². The quantitative estimate of drug-likeness (QED) is 0.655. The average Bonchev–Trinajstić information content (AvgIpc) is 2.40. The number of aromatic hydroxyl groups is 1. The lowest BCUT2D eigenvalue weighted by Gasteiger charge is -2.37. The molecule has 1 aliphatic heterocycles. The first-order valence-corrected chi connectivity index (χ1v) is 6.31. The number of carbonyl (C=O) groups is 1. The van der Waals surface area contributed by atoms with Crippen molar-refractivity contribution in [1.29, 1.82) is 0 Å². The molecule has 7 heteroatoms. The molecule has 0 aromatic heterocycles. The number of phenolic OH excluding ortho intramolecular Hbond substituents is 1. The van der Waals surface area contributed by atoms with E-state index in [2.05, 4.69) is 0 Å². The highest BCUT2D eigenvalue weighted by Gasteiger charge is 2.30. The molecule has 2 rings (SSSR count). The van der Waals surface area contributed by atoms with E-state index in [1.54, 1.807) is 4.90 Å². The van der Waals surface area contributed by atoms with Crippen LogP contribution in [0.1, 0.15) is 24.2 Å². The van der Waals surface area contributed by atoms with Gasteiger partial charge in [-0.2, -0.15) is 0 Å². The van der Waals surface area contributed by atoms with Gasteiger partial charge in [-0.05, 0) is 26.0 Å². The fraction of sp³-hybridized carbons (Fsp3) is 0.462. The SMILES string of the molecule is C[C@@H]1OCCN(C(=O)c2ccc([N+](=O)[O-])c(O)c2)[C@@H]1C. The minimum absolute atomic E-state index is 0.0701. The fourth-order valence-corrected chi connectivity index (χ4v) is 2.20. The summed E-state index contributed by atoms with van der Waals surface area (Å²) in [5.74, 6) is -0.771. The van der Waals surface area contributed by atoms with Gasteiger partial charge in [-0.1, -0.05) is 0 Å². The van der Waals surface area contributed by atoms with Gasteiger partial charge < -0.3 is 14.7 Å². The first-order chi connectivity index (χ1) is 9.41. The third-order valence-electron chi connectivity index (χ3n) is 3.56. The molecule has 1 aliphatic rings. The number of amides is 1. The first kappa shape index (κ1) is 14.3. The Balaban J connectivity index is 2.25. The molecular formula is C13H16N2O5. The van der Waals surface area contributed by atoms with Gasteiger partial charge in [-0.15, -0.1) is 0 Å². The largest absolute Gasteiger partial charge is 0.502 e. The summed E-state index contributed by atoms with van der Waals surface area (Å²) < 4.78 is 5.45. The van der Waals surface area contributed by atoms with Crippen LogP contribution in [0.15, 0.2) is 18.2 Å². The Morgan fingerprint density at radius 2 is 2.20 bits per heavy atom. The van der Waals surface area contributed by atoms with Crippen molar-refractivity contribution in [3.05, 3.63) is 33.9 Å². The number of hydrogen-bond donors (Lipinski definition) is 1. The molecule has 1 heterocycles. The van der Waals surface area contributed by atoms with Crippen LogP contribution < -0.4 is 0 Å². The number of carbonyl (C=O) groups excluding carboxylic acids is 1. The number of ether oxygens (including phenoxy) is 1. The van der Waals surface area contributed by atoms with Crippen molar-refractivity contribution in [2.45, 2.75) is 26.0 Å². The van der Waals surface area contributed by atoms with Crippen LogP contribution in [0, 0.1) is 10.1 Å². The predicted octanol–water partition coefficient (Wildman–Crippen LogP) is 1.55. The van der Waals surface area contributed by atoms with Gasteiger partial charge in [-0.3, -0.25) is 14.9 Å². The molecular weight excluding hydrogens is 264 g/mol. The van der Waals surface area contributed by atoms with Gasteiger partial charge in [0.15, 0.2) is 5.75 Å². The van der Waals surface area contributed by atoms with Gasteiger partial charge in [0.2, 0.25) is 0 Å². The van der Waals surface area contributed by atoms with Crippen LogP contribution >= 0.6 is 0 Å². The summed E-state index contributed by atoms with van der Waals surface area (Å²) in [5, 5.41) is 20.2. The zero-order valence-corrected chi connectivity index (χ0v) is 11.3. The molecule has 1 aromatic carbocycles. The van der Waals surface area contributed by atoms with E-state index in [-0.39, 0.29) is 23.6 Å². The maximum Gasteiger partial charge on any atom is 0.310 e. The van der Waals surface area contributed by atoms with Crippen molar-refractivity contribution in [3.63, 3.8) is 0 Å². The highest BCUT2D eigenvalue weighted by molar-refractivity contribution is 5.95. The van der Waals surface area contributed by atoms with E-state index in [0.717, 1.165) is 12.1 Å². The number of phenols is 1. The first-order valence-electron chi connectivity index (χ1n) is 6.31. The molecule has 0 radical (unpaired) electrons. The standard InChI is InChI=1S/C13H16N2O5/c1-8-9(2)20-6-5-14(8)13(17)10-3-4-11(15(18)19)12(16)7-10/h3-4,7-9,16H,5-6H2,1-2H3/t8-,9+/m1/s1. The van der Waals surface area contributed by atoms with Crippen molar-refractivity contribution in [2.75, 3.05) is 13.2 Å². The Morgan fingerprint density at radius 3 is 2.80 bits per heavy atom.